The molecular formula is C12H18N2O2S. The Labute approximate surface area is 102 Å². The van der Waals surface area contributed by atoms with Crippen molar-refractivity contribution >= 4 is 10.0 Å². The van der Waals surface area contributed by atoms with E-state index in [1.807, 2.05) is 12.1 Å². The van der Waals surface area contributed by atoms with Crippen molar-refractivity contribution in [3.63, 3.8) is 0 Å². The molecule has 1 aliphatic rings. The Morgan fingerprint density at radius 1 is 1.24 bits per heavy atom. The number of primary sulfonamides is 1. The highest BCUT2D eigenvalue weighted by molar-refractivity contribution is 7.89. The smallest absolute Gasteiger partial charge is 0.238 e. The van der Waals surface area contributed by atoms with Crippen LogP contribution in [0.15, 0.2) is 29.2 Å². The molecule has 1 aliphatic heterocycles. The second-order valence-corrected chi connectivity index (χ2v) is 6.19. The maximum absolute atomic E-state index is 11.5. The number of piperidine rings is 1. The Balaban J connectivity index is 2.33. The lowest BCUT2D eigenvalue weighted by Crippen LogP contribution is -2.30. The zero-order chi connectivity index (χ0) is 12.5. The summed E-state index contributed by atoms with van der Waals surface area (Å²) >= 11 is 0. The third kappa shape index (κ3) is 2.86. The van der Waals surface area contributed by atoms with Crippen LogP contribution >= 0.6 is 0 Å². The minimum Gasteiger partial charge on any atom is -0.306 e. The van der Waals surface area contributed by atoms with Crippen molar-refractivity contribution in [2.75, 3.05) is 20.1 Å². The lowest BCUT2D eigenvalue weighted by molar-refractivity contribution is 0.254. The van der Waals surface area contributed by atoms with Crippen LogP contribution in [0.1, 0.15) is 24.3 Å². The summed E-state index contributed by atoms with van der Waals surface area (Å²) in [6.45, 7) is 2.01. The first-order valence-electron chi connectivity index (χ1n) is 5.79. The topological polar surface area (TPSA) is 63.4 Å². The van der Waals surface area contributed by atoms with Crippen molar-refractivity contribution in [2.24, 2.45) is 5.14 Å². The second-order valence-electron chi connectivity index (χ2n) is 4.66. The highest BCUT2D eigenvalue weighted by Gasteiger charge is 2.23. The van der Waals surface area contributed by atoms with E-state index < -0.39 is 10.0 Å². The normalized spacial score (nSPS) is 19.4. The molecule has 0 amide bonds. The highest BCUT2D eigenvalue weighted by Crippen LogP contribution is 2.31. The number of sulfonamides is 1. The molecule has 1 aromatic carbocycles. The van der Waals surface area contributed by atoms with Gasteiger partial charge in [-0.25, -0.2) is 13.6 Å². The van der Waals surface area contributed by atoms with E-state index in [0.29, 0.717) is 5.92 Å². The van der Waals surface area contributed by atoms with Crippen molar-refractivity contribution in [1.82, 2.24) is 4.90 Å². The Hall–Kier alpha value is -0.910. The molecule has 4 nitrogen and oxygen atoms in total. The van der Waals surface area contributed by atoms with Crippen molar-refractivity contribution in [3.8, 4) is 0 Å². The third-order valence-corrected chi connectivity index (χ3v) is 4.37. The largest absolute Gasteiger partial charge is 0.306 e. The van der Waals surface area contributed by atoms with Gasteiger partial charge >= 0.3 is 0 Å². The van der Waals surface area contributed by atoms with E-state index in [1.165, 1.54) is 0 Å². The first-order valence-corrected chi connectivity index (χ1v) is 7.33. The number of rotatable bonds is 2. The van der Waals surface area contributed by atoms with Gasteiger partial charge in [0.25, 0.3) is 0 Å². The van der Waals surface area contributed by atoms with E-state index in [4.69, 9.17) is 5.14 Å². The monoisotopic (exact) mass is 254 g/mol. The zero-order valence-electron chi connectivity index (χ0n) is 9.96. The number of nitrogens with two attached hydrogens (primary N) is 1. The van der Waals surface area contributed by atoms with E-state index in [-0.39, 0.29) is 4.90 Å². The molecule has 1 aromatic rings. The lowest BCUT2D eigenvalue weighted by Gasteiger charge is -2.30. The van der Waals surface area contributed by atoms with Crippen molar-refractivity contribution in [2.45, 2.75) is 23.7 Å². The molecule has 5 heteroatoms. The van der Waals surface area contributed by atoms with Crippen LogP contribution < -0.4 is 5.14 Å². The van der Waals surface area contributed by atoms with E-state index in [9.17, 15) is 8.42 Å². The molecule has 0 saturated carbocycles. The molecular weight excluding hydrogens is 236 g/mol. The molecule has 94 valence electrons. The average molecular weight is 254 g/mol. The highest BCUT2D eigenvalue weighted by atomic mass is 32.2. The van der Waals surface area contributed by atoms with Gasteiger partial charge in [-0.3, -0.25) is 0 Å². The Bertz CT molecular complexity index is 491. The summed E-state index contributed by atoms with van der Waals surface area (Å²) in [5.41, 5.74) is 0.878. The van der Waals surface area contributed by atoms with Crippen LogP contribution in [-0.4, -0.2) is 33.5 Å². The molecule has 0 aliphatic carbocycles. The number of likely N-dealkylation sites (tertiary alicyclic amines) is 1. The minimum atomic E-state index is -3.61. The average Bonchev–Trinajstić information content (AvgIpc) is 2.29. The molecule has 0 radical (unpaired) electrons. The van der Waals surface area contributed by atoms with Gasteiger partial charge in [0.1, 0.15) is 0 Å². The standard InChI is InChI=1S/C12H18N2O2S/c1-14-8-6-10(7-9-14)11-4-2-3-5-12(11)17(13,15)16/h2-5,10H,6-9H2,1H3,(H2,13,15,16). The van der Waals surface area contributed by atoms with E-state index in [2.05, 4.69) is 11.9 Å². The molecule has 1 saturated heterocycles. The molecule has 0 bridgehead atoms. The van der Waals surface area contributed by atoms with Crippen LogP contribution in [0, 0.1) is 0 Å². The first-order chi connectivity index (χ1) is 7.98. The molecule has 1 heterocycles. The summed E-state index contributed by atoms with van der Waals surface area (Å²) in [6, 6.07) is 7.08. The molecule has 2 rings (SSSR count). The van der Waals surface area contributed by atoms with Gasteiger partial charge in [0.15, 0.2) is 0 Å². The second kappa shape index (κ2) is 4.76. The summed E-state index contributed by atoms with van der Waals surface area (Å²) in [5.74, 6) is 0.306. The van der Waals surface area contributed by atoms with Gasteiger partial charge in [-0.1, -0.05) is 18.2 Å². The third-order valence-electron chi connectivity index (χ3n) is 3.38. The van der Waals surface area contributed by atoms with Crippen LogP contribution in [0.25, 0.3) is 0 Å². The Kier molecular flexibility index (Phi) is 3.51. The zero-order valence-corrected chi connectivity index (χ0v) is 10.8. The quantitative estimate of drug-likeness (QED) is 0.861. The summed E-state index contributed by atoms with van der Waals surface area (Å²) in [6.07, 6.45) is 1.98. The van der Waals surface area contributed by atoms with E-state index in [1.54, 1.807) is 12.1 Å². The maximum Gasteiger partial charge on any atom is 0.238 e. The Morgan fingerprint density at radius 3 is 2.41 bits per heavy atom. The maximum atomic E-state index is 11.5. The molecule has 0 unspecified atom stereocenters. The van der Waals surface area contributed by atoms with Gasteiger partial charge < -0.3 is 4.90 Å². The summed E-state index contributed by atoms with van der Waals surface area (Å²) in [4.78, 5) is 2.55. The number of benzene rings is 1. The summed E-state index contributed by atoms with van der Waals surface area (Å²) in [5, 5.41) is 5.25. The van der Waals surface area contributed by atoms with Gasteiger partial charge in [-0.15, -0.1) is 0 Å². The van der Waals surface area contributed by atoms with Crippen LogP contribution in [-0.2, 0) is 10.0 Å². The van der Waals surface area contributed by atoms with Gasteiger partial charge in [0, 0.05) is 0 Å². The number of hydrogen-bond donors (Lipinski definition) is 1. The molecule has 0 aromatic heterocycles. The fourth-order valence-corrected chi connectivity index (χ4v) is 3.23. The molecule has 0 spiro atoms. The van der Waals surface area contributed by atoms with E-state index in [0.717, 1.165) is 31.5 Å². The number of hydrogen-bond acceptors (Lipinski definition) is 3. The molecule has 17 heavy (non-hydrogen) atoms. The fourth-order valence-electron chi connectivity index (χ4n) is 2.40. The molecule has 1 fully saturated rings. The van der Waals surface area contributed by atoms with Crippen molar-refractivity contribution in [3.05, 3.63) is 29.8 Å². The minimum absolute atomic E-state index is 0.287. The fraction of sp³-hybridized carbons (Fsp3) is 0.500. The van der Waals surface area contributed by atoms with E-state index >= 15 is 0 Å². The van der Waals surface area contributed by atoms with Crippen LogP contribution in [0.5, 0.6) is 0 Å². The first kappa shape index (κ1) is 12.5. The van der Waals surface area contributed by atoms with Gasteiger partial charge in [0.05, 0.1) is 4.90 Å². The van der Waals surface area contributed by atoms with Gasteiger partial charge in [0.2, 0.25) is 10.0 Å². The SMILES string of the molecule is CN1CCC(c2ccccc2S(N)(=O)=O)CC1. The number of nitrogens with zero attached hydrogens (tertiary/aromatic N) is 1. The lowest BCUT2D eigenvalue weighted by atomic mass is 9.90. The predicted octanol–water partition coefficient (Wildman–Crippen LogP) is 1.14. The van der Waals surface area contributed by atoms with Gasteiger partial charge in [-0.05, 0) is 50.5 Å². The Morgan fingerprint density at radius 2 is 1.82 bits per heavy atom. The molecule has 2 N–H and O–H groups in total. The van der Waals surface area contributed by atoms with Crippen molar-refractivity contribution < 1.29 is 8.42 Å². The predicted molar refractivity (Wildman–Crippen MR) is 67.3 cm³/mol. The summed E-state index contributed by atoms with van der Waals surface area (Å²) in [7, 11) is -1.52. The van der Waals surface area contributed by atoms with Crippen LogP contribution in [0.4, 0.5) is 0 Å². The van der Waals surface area contributed by atoms with Crippen LogP contribution in [0.2, 0.25) is 0 Å². The van der Waals surface area contributed by atoms with Crippen molar-refractivity contribution in [1.29, 1.82) is 0 Å². The molecule has 0 atom stereocenters. The van der Waals surface area contributed by atoms with Crippen LogP contribution in [0.3, 0.4) is 0 Å². The summed E-state index contributed by atoms with van der Waals surface area (Å²) < 4.78 is 23.1. The van der Waals surface area contributed by atoms with Gasteiger partial charge in [-0.2, -0.15) is 0 Å².